The molecule has 1 aromatic carbocycles. The Morgan fingerprint density at radius 3 is 2.38 bits per heavy atom. The summed E-state index contributed by atoms with van der Waals surface area (Å²) in [5.74, 6) is 0.650. The molecule has 2 rings (SSSR count). The van der Waals surface area contributed by atoms with Gasteiger partial charge in [0.2, 0.25) is 5.95 Å². The molecule has 1 heterocycles. The smallest absolute Gasteiger partial charge is 0.222 e. The molecule has 0 aliphatic heterocycles. The van der Waals surface area contributed by atoms with Crippen LogP contribution in [0.25, 0.3) is 11.3 Å². The average Bonchev–Trinajstić information content (AvgIpc) is 2.28. The molecule has 0 fully saturated rings. The maximum atomic E-state index is 4.42. The van der Waals surface area contributed by atoms with Gasteiger partial charge in [0, 0.05) is 18.8 Å². The molecule has 0 aliphatic carbocycles. The molecule has 0 spiro atoms. The van der Waals surface area contributed by atoms with Crippen LogP contribution in [0, 0.1) is 13.8 Å². The van der Waals surface area contributed by atoms with Gasteiger partial charge in [0.1, 0.15) is 0 Å². The zero-order valence-corrected chi connectivity index (χ0v) is 9.78. The van der Waals surface area contributed by atoms with Crippen LogP contribution in [0.3, 0.4) is 0 Å². The summed E-state index contributed by atoms with van der Waals surface area (Å²) in [6.45, 7) is 4.19. The van der Waals surface area contributed by atoms with E-state index in [2.05, 4.69) is 47.3 Å². The van der Waals surface area contributed by atoms with Gasteiger partial charge in [-0.25, -0.2) is 9.97 Å². The summed E-state index contributed by atoms with van der Waals surface area (Å²) in [5.41, 5.74) is 4.58. The number of anilines is 1. The standard InChI is InChI=1S/C13H15N3/c1-9-6-10(2)8-11(7-9)12-4-5-15-13(14-3)16-12/h4-8H,1-3H3,(H,14,15,16). The van der Waals surface area contributed by atoms with Crippen LogP contribution in [0.5, 0.6) is 0 Å². The van der Waals surface area contributed by atoms with Gasteiger partial charge in [-0.2, -0.15) is 0 Å². The maximum absolute atomic E-state index is 4.42. The molecule has 82 valence electrons. The van der Waals surface area contributed by atoms with Crippen molar-refractivity contribution in [3.05, 3.63) is 41.6 Å². The lowest BCUT2D eigenvalue weighted by molar-refractivity contribution is 1.15. The number of nitrogens with one attached hydrogen (secondary N) is 1. The fourth-order valence-corrected chi connectivity index (χ4v) is 1.76. The monoisotopic (exact) mass is 213 g/mol. The van der Waals surface area contributed by atoms with Crippen LogP contribution in [0.15, 0.2) is 30.5 Å². The van der Waals surface area contributed by atoms with Crippen LogP contribution in [0.2, 0.25) is 0 Å². The van der Waals surface area contributed by atoms with Crippen LogP contribution in [0.4, 0.5) is 5.95 Å². The summed E-state index contributed by atoms with van der Waals surface area (Å²) in [4.78, 5) is 8.53. The van der Waals surface area contributed by atoms with Crippen molar-refractivity contribution in [3.8, 4) is 11.3 Å². The largest absolute Gasteiger partial charge is 0.357 e. The van der Waals surface area contributed by atoms with E-state index < -0.39 is 0 Å². The third-order valence-electron chi connectivity index (χ3n) is 2.40. The Morgan fingerprint density at radius 2 is 1.75 bits per heavy atom. The second kappa shape index (κ2) is 4.31. The molecular formula is C13H15N3. The molecule has 0 atom stereocenters. The van der Waals surface area contributed by atoms with Crippen molar-refractivity contribution in [2.45, 2.75) is 13.8 Å². The molecule has 0 saturated heterocycles. The number of hydrogen-bond donors (Lipinski definition) is 1. The van der Waals surface area contributed by atoms with Crippen LogP contribution in [-0.2, 0) is 0 Å². The first kappa shape index (κ1) is 10.6. The molecule has 1 aromatic heterocycles. The van der Waals surface area contributed by atoms with Gasteiger partial charge in [-0.15, -0.1) is 0 Å². The topological polar surface area (TPSA) is 37.8 Å². The lowest BCUT2D eigenvalue weighted by Gasteiger charge is -2.05. The van der Waals surface area contributed by atoms with Gasteiger partial charge in [0.15, 0.2) is 0 Å². The van der Waals surface area contributed by atoms with E-state index in [9.17, 15) is 0 Å². The van der Waals surface area contributed by atoms with Crippen molar-refractivity contribution in [2.24, 2.45) is 0 Å². The van der Waals surface area contributed by atoms with E-state index in [1.165, 1.54) is 11.1 Å². The van der Waals surface area contributed by atoms with Gasteiger partial charge in [-0.1, -0.05) is 17.2 Å². The first-order valence-corrected chi connectivity index (χ1v) is 5.28. The van der Waals surface area contributed by atoms with E-state index in [1.807, 2.05) is 13.1 Å². The molecule has 0 radical (unpaired) electrons. The Kier molecular flexibility index (Phi) is 2.86. The molecule has 0 aliphatic rings. The highest BCUT2D eigenvalue weighted by atomic mass is 15.1. The van der Waals surface area contributed by atoms with Crippen molar-refractivity contribution in [1.82, 2.24) is 9.97 Å². The number of hydrogen-bond acceptors (Lipinski definition) is 3. The minimum absolute atomic E-state index is 0.650. The van der Waals surface area contributed by atoms with Crippen LogP contribution < -0.4 is 5.32 Å². The van der Waals surface area contributed by atoms with Crippen molar-refractivity contribution >= 4 is 5.95 Å². The van der Waals surface area contributed by atoms with Crippen LogP contribution in [0.1, 0.15) is 11.1 Å². The number of aromatic nitrogens is 2. The molecular weight excluding hydrogens is 198 g/mol. The first-order chi connectivity index (χ1) is 7.69. The van der Waals surface area contributed by atoms with Crippen molar-refractivity contribution in [1.29, 1.82) is 0 Å². The number of rotatable bonds is 2. The van der Waals surface area contributed by atoms with E-state index in [1.54, 1.807) is 6.20 Å². The minimum atomic E-state index is 0.650. The quantitative estimate of drug-likeness (QED) is 0.833. The molecule has 1 N–H and O–H groups in total. The lowest BCUT2D eigenvalue weighted by Crippen LogP contribution is -1.96. The summed E-state index contributed by atoms with van der Waals surface area (Å²) >= 11 is 0. The number of nitrogens with zero attached hydrogens (tertiary/aromatic N) is 2. The Labute approximate surface area is 95.6 Å². The van der Waals surface area contributed by atoms with E-state index in [0.29, 0.717) is 5.95 Å². The number of aryl methyl sites for hydroxylation is 2. The average molecular weight is 213 g/mol. The van der Waals surface area contributed by atoms with Crippen molar-refractivity contribution in [3.63, 3.8) is 0 Å². The molecule has 16 heavy (non-hydrogen) atoms. The van der Waals surface area contributed by atoms with Crippen molar-refractivity contribution < 1.29 is 0 Å². The Balaban J connectivity index is 2.49. The van der Waals surface area contributed by atoms with Crippen LogP contribution in [-0.4, -0.2) is 17.0 Å². The SMILES string of the molecule is CNc1nccc(-c2cc(C)cc(C)c2)n1. The summed E-state index contributed by atoms with van der Waals surface area (Å²) in [6, 6.07) is 8.35. The Bertz CT molecular complexity index is 486. The molecule has 3 heteroatoms. The van der Waals surface area contributed by atoms with Gasteiger partial charge >= 0.3 is 0 Å². The molecule has 2 aromatic rings. The second-order valence-corrected chi connectivity index (χ2v) is 3.89. The van der Waals surface area contributed by atoms with Crippen LogP contribution >= 0.6 is 0 Å². The van der Waals surface area contributed by atoms with Gasteiger partial charge in [-0.3, -0.25) is 0 Å². The molecule has 0 saturated carbocycles. The molecule has 0 bridgehead atoms. The molecule has 0 unspecified atom stereocenters. The van der Waals surface area contributed by atoms with Gasteiger partial charge in [0.05, 0.1) is 5.69 Å². The Morgan fingerprint density at radius 1 is 1.06 bits per heavy atom. The molecule has 3 nitrogen and oxygen atoms in total. The first-order valence-electron chi connectivity index (χ1n) is 5.28. The van der Waals surface area contributed by atoms with E-state index in [0.717, 1.165) is 11.3 Å². The summed E-state index contributed by atoms with van der Waals surface area (Å²) in [6.07, 6.45) is 1.77. The normalized spacial score (nSPS) is 10.2. The second-order valence-electron chi connectivity index (χ2n) is 3.89. The minimum Gasteiger partial charge on any atom is -0.357 e. The maximum Gasteiger partial charge on any atom is 0.222 e. The molecule has 0 amide bonds. The zero-order chi connectivity index (χ0) is 11.5. The Hall–Kier alpha value is -1.90. The van der Waals surface area contributed by atoms with Crippen molar-refractivity contribution in [2.75, 3.05) is 12.4 Å². The van der Waals surface area contributed by atoms with E-state index in [-0.39, 0.29) is 0 Å². The van der Waals surface area contributed by atoms with Gasteiger partial charge < -0.3 is 5.32 Å². The number of benzene rings is 1. The highest BCUT2D eigenvalue weighted by Gasteiger charge is 2.02. The van der Waals surface area contributed by atoms with Gasteiger partial charge in [0.25, 0.3) is 0 Å². The fraction of sp³-hybridized carbons (Fsp3) is 0.231. The predicted molar refractivity (Wildman–Crippen MR) is 66.5 cm³/mol. The summed E-state index contributed by atoms with van der Waals surface area (Å²) in [5, 5.41) is 2.94. The third-order valence-corrected chi connectivity index (χ3v) is 2.40. The fourth-order valence-electron chi connectivity index (χ4n) is 1.76. The summed E-state index contributed by atoms with van der Waals surface area (Å²) in [7, 11) is 1.82. The highest BCUT2D eigenvalue weighted by molar-refractivity contribution is 5.62. The highest BCUT2D eigenvalue weighted by Crippen LogP contribution is 2.20. The van der Waals surface area contributed by atoms with E-state index >= 15 is 0 Å². The summed E-state index contributed by atoms with van der Waals surface area (Å²) < 4.78 is 0. The zero-order valence-electron chi connectivity index (χ0n) is 9.78. The van der Waals surface area contributed by atoms with E-state index in [4.69, 9.17) is 0 Å². The third kappa shape index (κ3) is 2.19. The predicted octanol–water partition coefficient (Wildman–Crippen LogP) is 2.80. The lowest BCUT2D eigenvalue weighted by atomic mass is 10.1. The van der Waals surface area contributed by atoms with Gasteiger partial charge in [-0.05, 0) is 32.0 Å².